The smallest absolute Gasteiger partial charge is 0.257 e. The Bertz CT molecular complexity index is 721. The maximum atomic E-state index is 12.8. The Morgan fingerprint density at radius 2 is 1.96 bits per heavy atom. The fourth-order valence-electron chi connectivity index (χ4n) is 2.24. The van der Waals surface area contributed by atoms with Crippen LogP contribution in [0, 0.1) is 0 Å². The molecule has 0 aliphatic carbocycles. The third kappa shape index (κ3) is 4.18. The molecule has 2 aromatic rings. The van der Waals surface area contributed by atoms with Crippen LogP contribution in [0.2, 0.25) is 5.02 Å². The molecule has 1 amide bonds. The van der Waals surface area contributed by atoms with Gasteiger partial charge in [0.25, 0.3) is 5.91 Å². The van der Waals surface area contributed by atoms with Gasteiger partial charge in [-0.1, -0.05) is 23.7 Å². The van der Waals surface area contributed by atoms with Crippen LogP contribution >= 0.6 is 27.5 Å². The van der Waals surface area contributed by atoms with Crippen molar-refractivity contribution < 1.29 is 14.3 Å². The maximum absolute atomic E-state index is 12.8. The fraction of sp³-hybridized carbons (Fsp3) is 0.235. The highest BCUT2D eigenvalue weighted by molar-refractivity contribution is 9.10. The van der Waals surface area contributed by atoms with E-state index in [-0.39, 0.29) is 5.91 Å². The van der Waals surface area contributed by atoms with Gasteiger partial charge in [0.05, 0.1) is 24.3 Å². The summed E-state index contributed by atoms with van der Waals surface area (Å²) in [7, 11) is 4.81. The summed E-state index contributed by atoms with van der Waals surface area (Å²) in [6.45, 7) is 0.442. The standard InChI is InChI=1S/C17H17BrClNO3/c1-20(10-11-5-4-6-12(19)7-11)17(21)14-8-13(22-2)9-15(18)16(14)23-3/h4-9H,10H2,1-3H3. The van der Waals surface area contributed by atoms with E-state index in [1.165, 1.54) is 7.11 Å². The summed E-state index contributed by atoms with van der Waals surface area (Å²) in [6, 6.07) is 10.8. The van der Waals surface area contributed by atoms with Crippen LogP contribution in [0.1, 0.15) is 15.9 Å². The highest BCUT2D eigenvalue weighted by Gasteiger charge is 2.20. The molecule has 23 heavy (non-hydrogen) atoms. The lowest BCUT2D eigenvalue weighted by Crippen LogP contribution is -2.26. The molecule has 0 bridgehead atoms. The molecule has 2 aromatic carbocycles. The quantitative estimate of drug-likeness (QED) is 0.750. The molecule has 0 aliphatic rings. The molecule has 0 radical (unpaired) electrons. The van der Waals surface area contributed by atoms with E-state index >= 15 is 0 Å². The first-order valence-corrected chi connectivity index (χ1v) is 8.04. The van der Waals surface area contributed by atoms with Gasteiger partial charge in [0.1, 0.15) is 11.5 Å². The SMILES string of the molecule is COc1cc(Br)c(OC)c(C(=O)N(C)Cc2cccc(Cl)c2)c1. The van der Waals surface area contributed by atoms with Crippen LogP contribution in [0.4, 0.5) is 0 Å². The van der Waals surface area contributed by atoms with Crippen LogP contribution < -0.4 is 9.47 Å². The summed E-state index contributed by atoms with van der Waals surface area (Å²) in [5, 5.41) is 0.644. The van der Waals surface area contributed by atoms with Crippen molar-refractivity contribution in [1.82, 2.24) is 4.90 Å². The molecule has 0 aromatic heterocycles. The van der Waals surface area contributed by atoms with Gasteiger partial charge in [-0.2, -0.15) is 0 Å². The van der Waals surface area contributed by atoms with E-state index in [4.69, 9.17) is 21.1 Å². The van der Waals surface area contributed by atoms with Crippen molar-refractivity contribution in [1.29, 1.82) is 0 Å². The molecule has 0 saturated carbocycles. The zero-order valence-corrected chi connectivity index (χ0v) is 15.4. The minimum Gasteiger partial charge on any atom is -0.497 e. The predicted molar refractivity (Wildman–Crippen MR) is 94.5 cm³/mol. The van der Waals surface area contributed by atoms with E-state index in [1.54, 1.807) is 37.3 Å². The van der Waals surface area contributed by atoms with Gasteiger partial charge in [0.2, 0.25) is 0 Å². The Morgan fingerprint density at radius 1 is 1.22 bits per heavy atom. The molecule has 6 heteroatoms. The highest BCUT2D eigenvalue weighted by Crippen LogP contribution is 2.34. The molecule has 122 valence electrons. The number of nitrogens with zero attached hydrogens (tertiary/aromatic N) is 1. The van der Waals surface area contributed by atoms with Gasteiger partial charge in [0, 0.05) is 18.6 Å². The second-order valence-corrected chi connectivity index (χ2v) is 6.27. The molecule has 0 spiro atoms. The number of benzene rings is 2. The molecule has 0 N–H and O–H groups in total. The van der Waals surface area contributed by atoms with Crippen LogP contribution in [0.3, 0.4) is 0 Å². The summed E-state index contributed by atoms with van der Waals surface area (Å²) in [5.41, 5.74) is 1.39. The van der Waals surface area contributed by atoms with E-state index in [0.717, 1.165) is 5.56 Å². The van der Waals surface area contributed by atoms with Crippen LogP contribution in [-0.4, -0.2) is 32.1 Å². The third-order valence-corrected chi connectivity index (χ3v) is 4.17. The predicted octanol–water partition coefficient (Wildman–Crippen LogP) is 4.39. The lowest BCUT2D eigenvalue weighted by Gasteiger charge is -2.20. The number of ether oxygens (including phenoxy) is 2. The Hall–Kier alpha value is -1.72. The number of hydrogen-bond donors (Lipinski definition) is 0. The van der Waals surface area contributed by atoms with Crippen LogP contribution in [0.25, 0.3) is 0 Å². The van der Waals surface area contributed by atoms with Crippen LogP contribution in [-0.2, 0) is 6.54 Å². The van der Waals surface area contributed by atoms with Crippen molar-refractivity contribution >= 4 is 33.4 Å². The third-order valence-electron chi connectivity index (χ3n) is 3.34. The summed E-state index contributed by atoms with van der Waals surface area (Å²) < 4.78 is 11.2. The lowest BCUT2D eigenvalue weighted by molar-refractivity contribution is 0.0781. The fourth-order valence-corrected chi connectivity index (χ4v) is 3.05. The lowest BCUT2D eigenvalue weighted by atomic mass is 10.1. The van der Waals surface area contributed by atoms with Crippen molar-refractivity contribution in [2.75, 3.05) is 21.3 Å². The first-order chi connectivity index (χ1) is 11.0. The van der Waals surface area contributed by atoms with Gasteiger partial charge in [-0.3, -0.25) is 4.79 Å². The number of hydrogen-bond acceptors (Lipinski definition) is 3. The summed E-state index contributed by atoms with van der Waals surface area (Å²) in [5.74, 6) is 0.896. The summed E-state index contributed by atoms with van der Waals surface area (Å²) in [4.78, 5) is 14.4. The average molecular weight is 399 g/mol. The van der Waals surface area contributed by atoms with E-state index in [0.29, 0.717) is 33.1 Å². The monoisotopic (exact) mass is 397 g/mol. The Balaban J connectivity index is 2.30. The largest absolute Gasteiger partial charge is 0.497 e. The van der Waals surface area contributed by atoms with Gasteiger partial charge in [-0.25, -0.2) is 0 Å². The van der Waals surface area contributed by atoms with Gasteiger partial charge in [-0.15, -0.1) is 0 Å². The van der Waals surface area contributed by atoms with Crippen LogP contribution in [0.15, 0.2) is 40.9 Å². The molecule has 0 fully saturated rings. The number of carbonyl (C=O) groups is 1. The summed E-state index contributed by atoms with van der Waals surface area (Å²) >= 11 is 9.39. The first kappa shape index (κ1) is 17.6. The maximum Gasteiger partial charge on any atom is 0.257 e. The molecule has 2 rings (SSSR count). The number of amides is 1. The molecular weight excluding hydrogens is 382 g/mol. The Kier molecular flexibility index (Phi) is 5.91. The van der Waals surface area contributed by atoms with Crippen molar-refractivity contribution in [3.63, 3.8) is 0 Å². The van der Waals surface area contributed by atoms with Crippen molar-refractivity contribution in [3.8, 4) is 11.5 Å². The van der Waals surface area contributed by atoms with E-state index in [1.807, 2.05) is 18.2 Å². The topological polar surface area (TPSA) is 38.8 Å². The normalized spacial score (nSPS) is 10.3. The van der Waals surface area contributed by atoms with Crippen molar-refractivity contribution in [2.45, 2.75) is 6.54 Å². The zero-order chi connectivity index (χ0) is 17.0. The van der Waals surface area contributed by atoms with Crippen LogP contribution in [0.5, 0.6) is 11.5 Å². The molecular formula is C17H17BrClNO3. The van der Waals surface area contributed by atoms with Gasteiger partial charge >= 0.3 is 0 Å². The van der Waals surface area contributed by atoms with Gasteiger partial charge < -0.3 is 14.4 Å². The number of carbonyl (C=O) groups excluding carboxylic acids is 1. The average Bonchev–Trinajstić information content (AvgIpc) is 2.53. The second-order valence-electron chi connectivity index (χ2n) is 4.98. The second kappa shape index (κ2) is 7.70. The minimum atomic E-state index is -0.165. The number of rotatable bonds is 5. The van der Waals surface area contributed by atoms with E-state index < -0.39 is 0 Å². The van der Waals surface area contributed by atoms with E-state index in [2.05, 4.69) is 15.9 Å². The molecule has 0 heterocycles. The van der Waals surface area contributed by atoms with Crippen molar-refractivity contribution in [3.05, 3.63) is 57.0 Å². The summed E-state index contributed by atoms with van der Waals surface area (Å²) in [6.07, 6.45) is 0. The molecule has 0 aliphatic heterocycles. The Labute approximate surface area is 149 Å². The molecule has 4 nitrogen and oxygen atoms in total. The van der Waals surface area contributed by atoms with Gasteiger partial charge in [0.15, 0.2) is 0 Å². The highest BCUT2D eigenvalue weighted by atomic mass is 79.9. The molecule has 0 saturated heterocycles. The minimum absolute atomic E-state index is 0.165. The first-order valence-electron chi connectivity index (χ1n) is 6.87. The van der Waals surface area contributed by atoms with E-state index in [9.17, 15) is 4.79 Å². The van der Waals surface area contributed by atoms with Crippen molar-refractivity contribution in [2.24, 2.45) is 0 Å². The Morgan fingerprint density at radius 3 is 2.57 bits per heavy atom. The zero-order valence-electron chi connectivity index (χ0n) is 13.1. The molecule has 0 atom stereocenters. The molecule has 0 unspecified atom stereocenters. The number of halogens is 2. The number of methoxy groups -OCH3 is 2. The van der Waals surface area contributed by atoms with Gasteiger partial charge in [-0.05, 0) is 45.8 Å².